The van der Waals surface area contributed by atoms with E-state index in [1.165, 1.54) is 29.8 Å². The predicted molar refractivity (Wildman–Crippen MR) is 111 cm³/mol. The first-order valence-electron chi connectivity index (χ1n) is 9.90. The molecule has 3 rings (SSSR count). The summed E-state index contributed by atoms with van der Waals surface area (Å²) in [7, 11) is 0. The van der Waals surface area contributed by atoms with Crippen LogP contribution in [-0.2, 0) is 25.5 Å². The maximum Gasteiger partial charge on any atom is 0.338 e. The summed E-state index contributed by atoms with van der Waals surface area (Å²) < 4.78 is 5.07. The van der Waals surface area contributed by atoms with E-state index >= 15 is 0 Å². The normalized spacial score (nSPS) is 14.5. The molecule has 156 valence electrons. The lowest BCUT2D eigenvalue weighted by Crippen LogP contribution is -2.31. The topological polar surface area (TPSA) is 92.8 Å². The minimum absolute atomic E-state index is 0.193. The van der Waals surface area contributed by atoms with Crippen LogP contribution in [0.1, 0.15) is 54.2 Å². The molecule has 1 heterocycles. The summed E-state index contributed by atoms with van der Waals surface area (Å²) in [4.78, 5) is 49.0. The molecular weight excluding hydrogens is 384 g/mol. The first kappa shape index (κ1) is 21.2. The number of hydrogen-bond donors (Lipinski definition) is 1. The van der Waals surface area contributed by atoms with Crippen molar-refractivity contribution in [3.63, 3.8) is 0 Å². The van der Waals surface area contributed by atoms with Crippen LogP contribution in [0.25, 0.3) is 0 Å². The molecule has 0 bridgehead atoms. The molecule has 0 aliphatic carbocycles. The van der Waals surface area contributed by atoms with Crippen molar-refractivity contribution in [3.05, 3.63) is 65.2 Å². The number of imide groups is 1. The van der Waals surface area contributed by atoms with Gasteiger partial charge in [0, 0.05) is 12.8 Å². The number of carbonyl (C=O) groups excluding carboxylic acids is 4. The molecule has 1 fully saturated rings. The molecule has 0 aromatic heterocycles. The first-order valence-corrected chi connectivity index (χ1v) is 9.90. The second-order valence-electron chi connectivity index (χ2n) is 7.13. The second-order valence-corrected chi connectivity index (χ2v) is 7.13. The third-order valence-electron chi connectivity index (χ3n) is 5.01. The molecule has 0 radical (unpaired) electrons. The van der Waals surface area contributed by atoms with E-state index in [0.29, 0.717) is 5.69 Å². The fraction of sp³-hybridized carbons (Fsp3) is 0.304. The molecule has 0 spiro atoms. The van der Waals surface area contributed by atoms with E-state index < -0.39 is 18.5 Å². The van der Waals surface area contributed by atoms with Crippen LogP contribution in [0.5, 0.6) is 0 Å². The van der Waals surface area contributed by atoms with Crippen molar-refractivity contribution in [1.82, 2.24) is 5.32 Å². The number of nitrogens with zero attached hydrogens (tertiary/aromatic N) is 1. The molecule has 0 saturated carbocycles. The molecule has 30 heavy (non-hydrogen) atoms. The average Bonchev–Trinajstić information content (AvgIpc) is 3.10. The van der Waals surface area contributed by atoms with Gasteiger partial charge in [-0.05, 0) is 48.7 Å². The van der Waals surface area contributed by atoms with Crippen LogP contribution in [0, 0.1) is 0 Å². The minimum atomic E-state index is -0.657. The van der Waals surface area contributed by atoms with Crippen molar-refractivity contribution < 1.29 is 23.9 Å². The van der Waals surface area contributed by atoms with Crippen LogP contribution in [0.2, 0.25) is 0 Å². The Balaban J connectivity index is 1.51. The molecule has 2 aromatic rings. The Labute approximate surface area is 175 Å². The number of ether oxygens (including phenoxy) is 1. The van der Waals surface area contributed by atoms with E-state index in [1.54, 1.807) is 0 Å². The highest BCUT2D eigenvalue weighted by atomic mass is 16.5. The van der Waals surface area contributed by atoms with Crippen molar-refractivity contribution in [2.75, 3.05) is 11.5 Å². The highest BCUT2D eigenvalue weighted by molar-refractivity contribution is 6.19. The Morgan fingerprint density at radius 1 is 1.00 bits per heavy atom. The van der Waals surface area contributed by atoms with Gasteiger partial charge in [-0.2, -0.15) is 0 Å². The zero-order valence-corrected chi connectivity index (χ0v) is 17.0. The number of carbonyl (C=O) groups is 4. The number of nitrogens with one attached hydrogen (secondary N) is 1. The van der Waals surface area contributed by atoms with Gasteiger partial charge in [0.2, 0.25) is 11.8 Å². The number of hydrogen-bond acceptors (Lipinski definition) is 5. The lowest BCUT2D eigenvalue weighted by atomic mass is 10.1. The van der Waals surface area contributed by atoms with E-state index in [4.69, 9.17) is 4.74 Å². The lowest BCUT2D eigenvalue weighted by molar-refractivity contribution is -0.125. The Morgan fingerprint density at radius 3 is 2.17 bits per heavy atom. The summed E-state index contributed by atoms with van der Waals surface area (Å²) >= 11 is 0. The van der Waals surface area contributed by atoms with E-state index in [2.05, 4.69) is 12.2 Å². The van der Waals surface area contributed by atoms with Crippen molar-refractivity contribution >= 4 is 29.4 Å². The second kappa shape index (κ2) is 9.35. The van der Waals surface area contributed by atoms with Gasteiger partial charge < -0.3 is 10.1 Å². The molecule has 1 unspecified atom stereocenters. The SMILES string of the molecule is CCc1ccc(C(C)NC(=O)COC(=O)c2ccc(N3C(=O)CCC3=O)cc2)cc1. The number of rotatable bonds is 7. The number of anilines is 1. The van der Waals surface area contributed by atoms with Gasteiger partial charge in [0.1, 0.15) is 0 Å². The zero-order valence-electron chi connectivity index (χ0n) is 17.0. The molecule has 1 aliphatic heterocycles. The van der Waals surface area contributed by atoms with Gasteiger partial charge in [-0.1, -0.05) is 31.2 Å². The van der Waals surface area contributed by atoms with Crippen molar-refractivity contribution in [1.29, 1.82) is 0 Å². The largest absolute Gasteiger partial charge is 0.452 e. The van der Waals surface area contributed by atoms with Crippen molar-refractivity contribution in [2.24, 2.45) is 0 Å². The Hall–Kier alpha value is -3.48. The van der Waals surface area contributed by atoms with Gasteiger partial charge >= 0.3 is 5.97 Å². The maximum absolute atomic E-state index is 12.2. The fourth-order valence-corrected chi connectivity index (χ4v) is 3.23. The molecular formula is C23H24N2O5. The molecule has 3 amide bonds. The third kappa shape index (κ3) is 4.92. The van der Waals surface area contributed by atoms with E-state index in [0.717, 1.165) is 16.9 Å². The smallest absolute Gasteiger partial charge is 0.338 e. The van der Waals surface area contributed by atoms with Gasteiger partial charge in [0.15, 0.2) is 6.61 Å². The first-order chi connectivity index (χ1) is 14.4. The number of esters is 1. The minimum Gasteiger partial charge on any atom is -0.452 e. The number of amides is 3. The molecule has 1 N–H and O–H groups in total. The zero-order chi connectivity index (χ0) is 21.7. The van der Waals surface area contributed by atoms with Crippen LogP contribution in [0.4, 0.5) is 5.69 Å². The quantitative estimate of drug-likeness (QED) is 0.562. The Morgan fingerprint density at radius 2 is 1.60 bits per heavy atom. The summed E-state index contributed by atoms with van der Waals surface area (Å²) in [6, 6.07) is 13.7. The van der Waals surface area contributed by atoms with E-state index in [9.17, 15) is 19.2 Å². The van der Waals surface area contributed by atoms with Gasteiger partial charge in [-0.15, -0.1) is 0 Å². The monoisotopic (exact) mass is 408 g/mol. The summed E-state index contributed by atoms with van der Waals surface area (Å²) in [5, 5.41) is 2.80. The van der Waals surface area contributed by atoms with Gasteiger partial charge in [0.05, 0.1) is 17.3 Å². The molecule has 7 heteroatoms. The van der Waals surface area contributed by atoms with Crippen molar-refractivity contribution in [2.45, 2.75) is 39.2 Å². The number of benzene rings is 2. The predicted octanol–water partition coefficient (Wildman–Crippen LogP) is 2.94. The van der Waals surface area contributed by atoms with Crippen molar-refractivity contribution in [3.8, 4) is 0 Å². The van der Waals surface area contributed by atoms with Gasteiger partial charge in [-0.25, -0.2) is 4.79 Å². The molecule has 1 aliphatic rings. The number of aryl methyl sites for hydroxylation is 1. The van der Waals surface area contributed by atoms with Gasteiger partial charge in [0.25, 0.3) is 5.91 Å². The summed E-state index contributed by atoms with van der Waals surface area (Å²) in [5.41, 5.74) is 2.83. The summed E-state index contributed by atoms with van der Waals surface area (Å²) in [6.07, 6.45) is 1.33. The maximum atomic E-state index is 12.2. The Kier molecular flexibility index (Phi) is 6.61. The van der Waals surface area contributed by atoms with E-state index in [1.807, 2.05) is 31.2 Å². The third-order valence-corrected chi connectivity index (χ3v) is 5.01. The van der Waals surface area contributed by atoms with Crippen LogP contribution in [0.15, 0.2) is 48.5 Å². The Bertz CT molecular complexity index is 935. The highest BCUT2D eigenvalue weighted by Gasteiger charge is 2.30. The summed E-state index contributed by atoms with van der Waals surface area (Å²) in [6.45, 7) is 3.54. The molecule has 2 aromatic carbocycles. The standard InChI is InChI=1S/C23H24N2O5/c1-3-16-4-6-17(7-5-16)15(2)24-20(26)14-30-23(29)18-8-10-19(11-9-18)25-21(27)12-13-22(25)28/h4-11,15H,3,12-14H2,1-2H3,(H,24,26). The molecule has 1 saturated heterocycles. The van der Waals surface area contributed by atoms with Crippen LogP contribution in [0.3, 0.4) is 0 Å². The molecule has 1 atom stereocenters. The summed E-state index contributed by atoms with van der Waals surface area (Å²) in [5.74, 6) is -1.58. The van der Waals surface area contributed by atoms with Crippen LogP contribution < -0.4 is 10.2 Å². The van der Waals surface area contributed by atoms with Crippen LogP contribution in [-0.4, -0.2) is 30.3 Å². The lowest BCUT2D eigenvalue weighted by Gasteiger charge is -2.15. The fourth-order valence-electron chi connectivity index (χ4n) is 3.23. The average molecular weight is 408 g/mol. The highest BCUT2D eigenvalue weighted by Crippen LogP contribution is 2.23. The molecule has 7 nitrogen and oxygen atoms in total. The van der Waals surface area contributed by atoms with E-state index in [-0.39, 0.29) is 36.3 Å². The van der Waals surface area contributed by atoms with Gasteiger partial charge in [-0.3, -0.25) is 19.3 Å². The van der Waals surface area contributed by atoms with Crippen LogP contribution >= 0.6 is 0 Å².